The number of rotatable bonds is 8. The van der Waals surface area contributed by atoms with Crippen molar-refractivity contribution in [3.63, 3.8) is 0 Å². The molecule has 3 nitrogen and oxygen atoms in total. The van der Waals surface area contributed by atoms with Gasteiger partial charge < -0.3 is 10.5 Å². The van der Waals surface area contributed by atoms with Gasteiger partial charge in [0.15, 0.2) is 11.6 Å². The number of hydrogen-bond donors (Lipinski definition) is 1. The van der Waals surface area contributed by atoms with Crippen LogP contribution in [-0.4, -0.2) is 36.7 Å². The summed E-state index contributed by atoms with van der Waals surface area (Å²) in [5, 5.41) is 0. The average Bonchev–Trinajstić information content (AvgIpc) is 2.50. The van der Waals surface area contributed by atoms with Crippen LogP contribution in [0.5, 0.6) is 5.75 Å². The van der Waals surface area contributed by atoms with Gasteiger partial charge in [0.1, 0.15) is 0 Å². The number of halogens is 1. The third-order valence-electron chi connectivity index (χ3n) is 4.70. The Kier molecular flexibility index (Phi) is 6.62. The maximum Gasteiger partial charge on any atom is 0.168 e. The predicted octanol–water partition coefficient (Wildman–Crippen LogP) is 3.21. The second-order valence-electron chi connectivity index (χ2n) is 5.63. The van der Waals surface area contributed by atoms with Crippen molar-refractivity contribution in [2.75, 3.05) is 20.2 Å². The molecule has 0 heterocycles. The molecule has 120 valence electrons. The van der Waals surface area contributed by atoms with E-state index in [0.29, 0.717) is 12.0 Å². The lowest BCUT2D eigenvalue weighted by molar-refractivity contribution is 0.0842. The van der Waals surface area contributed by atoms with Crippen LogP contribution in [0.15, 0.2) is 18.2 Å². The van der Waals surface area contributed by atoms with Gasteiger partial charge in [-0.15, -0.1) is 0 Å². The van der Waals surface area contributed by atoms with Crippen molar-refractivity contribution in [2.45, 2.75) is 52.1 Å². The van der Waals surface area contributed by atoms with Crippen LogP contribution in [-0.2, 0) is 6.42 Å². The summed E-state index contributed by atoms with van der Waals surface area (Å²) < 4.78 is 19.3. The lowest BCUT2D eigenvalue weighted by Gasteiger charge is -2.44. The van der Waals surface area contributed by atoms with Gasteiger partial charge in [-0.05, 0) is 44.5 Å². The predicted molar refractivity (Wildman–Crippen MR) is 86.2 cm³/mol. The fourth-order valence-corrected chi connectivity index (χ4v) is 2.99. The minimum Gasteiger partial charge on any atom is -0.494 e. The van der Waals surface area contributed by atoms with Crippen LogP contribution in [0.3, 0.4) is 0 Å². The smallest absolute Gasteiger partial charge is 0.168 e. The molecule has 0 saturated heterocycles. The molecule has 2 N–H and O–H groups in total. The zero-order valence-corrected chi connectivity index (χ0v) is 13.9. The summed E-state index contributed by atoms with van der Waals surface area (Å²) in [5.74, 6) is -0.0193. The Labute approximate surface area is 128 Å². The van der Waals surface area contributed by atoms with Gasteiger partial charge in [0.25, 0.3) is 0 Å². The van der Waals surface area contributed by atoms with E-state index in [4.69, 9.17) is 10.5 Å². The summed E-state index contributed by atoms with van der Waals surface area (Å²) >= 11 is 0. The van der Waals surface area contributed by atoms with Gasteiger partial charge in [-0.25, -0.2) is 4.39 Å². The molecule has 0 aliphatic heterocycles. The summed E-state index contributed by atoms with van der Waals surface area (Å²) in [6, 6.07) is 5.10. The molecule has 0 fully saturated rings. The number of likely N-dealkylation sites (N-methyl/N-ethyl adjacent to an activating group) is 1. The third-order valence-corrected chi connectivity index (χ3v) is 4.70. The van der Waals surface area contributed by atoms with Gasteiger partial charge in [-0.3, -0.25) is 4.90 Å². The van der Waals surface area contributed by atoms with Crippen LogP contribution < -0.4 is 10.5 Å². The van der Waals surface area contributed by atoms with E-state index in [1.807, 2.05) is 6.07 Å². The second-order valence-corrected chi connectivity index (χ2v) is 5.63. The molecule has 0 radical (unpaired) electrons. The minimum atomic E-state index is -0.298. The number of nitrogens with zero attached hydrogens (tertiary/aromatic N) is 1. The molecule has 1 aromatic carbocycles. The van der Waals surface area contributed by atoms with E-state index in [-0.39, 0.29) is 23.1 Å². The molecule has 0 aliphatic rings. The van der Waals surface area contributed by atoms with Gasteiger partial charge in [-0.2, -0.15) is 0 Å². The maximum atomic E-state index is 14.3. The lowest BCUT2D eigenvalue weighted by atomic mass is 9.84. The number of hydrogen-bond acceptors (Lipinski definition) is 3. The molecule has 0 amide bonds. The highest BCUT2D eigenvalue weighted by molar-refractivity contribution is 5.32. The largest absolute Gasteiger partial charge is 0.494 e. The zero-order valence-electron chi connectivity index (χ0n) is 13.9. The van der Waals surface area contributed by atoms with Gasteiger partial charge in [0.05, 0.1) is 7.11 Å². The van der Waals surface area contributed by atoms with Crippen LogP contribution in [0.25, 0.3) is 0 Å². The summed E-state index contributed by atoms with van der Waals surface area (Å²) in [7, 11) is 1.48. The van der Waals surface area contributed by atoms with Gasteiger partial charge in [0, 0.05) is 11.6 Å². The maximum absolute atomic E-state index is 14.3. The minimum absolute atomic E-state index is 0.135. The fraction of sp³-hybridized carbons (Fsp3) is 0.647. The van der Waals surface area contributed by atoms with E-state index in [9.17, 15) is 4.39 Å². The summed E-state index contributed by atoms with van der Waals surface area (Å²) in [5.41, 5.74) is 6.94. The molecule has 0 aromatic heterocycles. The lowest BCUT2D eigenvalue weighted by Crippen LogP contribution is -2.58. The highest BCUT2D eigenvalue weighted by Gasteiger charge is 2.35. The van der Waals surface area contributed by atoms with Crippen LogP contribution >= 0.6 is 0 Å². The Hall–Kier alpha value is -1.13. The van der Waals surface area contributed by atoms with E-state index in [0.717, 1.165) is 19.5 Å². The molecule has 4 heteroatoms. The molecule has 21 heavy (non-hydrogen) atoms. The SMILES string of the molecule is CCN(CC)C(C)(CC)C(N)Cc1cccc(OC)c1F. The van der Waals surface area contributed by atoms with Crippen molar-refractivity contribution in [3.8, 4) is 5.75 Å². The van der Waals surface area contributed by atoms with Crippen molar-refractivity contribution in [1.29, 1.82) is 0 Å². The van der Waals surface area contributed by atoms with Crippen LogP contribution in [0, 0.1) is 5.82 Å². The van der Waals surface area contributed by atoms with Crippen LogP contribution in [0.1, 0.15) is 39.7 Å². The van der Waals surface area contributed by atoms with E-state index in [2.05, 4.69) is 32.6 Å². The molecule has 1 aromatic rings. The Morgan fingerprint density at radius 1 is 1.29 bits per heavy atom. The van der Waals surface area contributed by atoms with Crippen LogP contribution in [0.4, 0.5) is 4.39 Å². The van der Waals surface area contributed by atoms with E-state index in [1.165, 1.54) is 7.11 Å². The van der Waals surface area contributed by atoms with E-state index >= 15 is 0 Å². The number of methoxy groups -OCH3 is 1. The van der Waals surface area contributed by atoms with E-state index < -0.39 is 0 Å². The average molecular weight is 296 g/mol. The molecular formula is C17H29FN2O. The first-order chi connectivity index (χ1) is 9.94. The first kappa shape index (κ1) is 17.9. The summed E-state index contributed by atoms with van der Waals surface area (Å²) in [6.45, 7) is 10.5. The summed E-state index contributed by atoms with van der Waals surface area (Å²) in [6.07, 6.45) is 1.44. The first-order valence-corrected chi connectivity index (χ1v) is 7.76. The normalized spacial score (nSPS) is 15.8. The Morgan fingerprint density at radius 3 is 2.38 bits per heavy atom. The highest BCUT2D eigenvalue weighted by Crippen LogP contribution is 2.27. The molecule has 2 atom stereocenters. The van der Waals surface area contributed by atoms with Crippen molar-refractivity contribution < 1.29 is 9.13 Å². The van der Waals surface area contributed by atoms with Gasteiger partial charge in [-0.1, -0.05) is 32.9 Å². The molecule has 0 spiro atoms. The van der Waals surface area contributed by atoms with Crippen LogP contribution in [0.2, 0.25) is 0 Å². The molecule has 0 bridgehead atoms. The molecule has 2 unspecified atom stereocenters. The monoisotopic (exact) mass is 296 g/mol. The Bertz CT molecular complexity index is 448. The van der Waals surface area contributed by atoms with Crippen molar-refractivity contribution in [2.24, 2.45) is 5.73 Å². The van der Waals surface area contributed by atoms with Crippen molar-refractivity contribution >= 4 is 0 Å². The Morgan fingerprint density at radius 2 is 1.90 bits per heavy atom. The molecule has 0 aliphatic carbocycles. The quantitative estimate of drug-likeness (QED) is 0.800. The van der Waals surface area contributed by atoms with Gasteiger partial charge in [0.2, 0.25) is 0 Å². The number of nitrogens with two attached hydrogens (primary N) is 1. The highest BCUT2D eigenvalue weighted by atomic mass is 19.1. The topological polar surface area (TPSA) is 38.5 Å². The van der Waals surface area contributed by atoms with Crippen molar-refractivity contribution in [1.82, 2.24) is 4.90 Å². The third kappa shape index (κ3) is 3.74. The number of ether oxygens (including phenoxy) is 1. The molecular weight excluding hydrogens is 267 g/mol. The number of benzene rings is 1. The molecule has 1 rings (SSSR count). The van der Waals surface area contributed by atoms with Crippen molar-refractivity contribution in [3.05, 3.63) is 29.6 Å². The summed E-state index contributed by atoms with van der Waals surface area (Å²) in [4.78, 5) is 2.36. The Balaban J connectivity index is 3.00. The fourth-order valence-electron chi connectivity index (χ4n) is 2.99. The second kappa shape index (κ2) is 7.76. The molecule has 0 saturated carbocycles. The standard InChI is InChI=1S/C17H29FN2O/c1-6-17(4,20(7-2)8-3)15(19)12-13-10-9-11-14(21-5)16(13)18/h9-11,15H,6-8,12,19H2,1-5H3. The zero-order chi connectivity index (χ0) is 16.0. The van der Waals surface area contributed by atoms with Gasteiger partial charge >= 0.3 is 0 Å². The van der Waals surface area contributed by atoms with E-state index in [1.54, 1.807) is 12.1 Å². The first-order valence-electron chi connectivity index (χ1n) is 7.76.